The van der Waals surface area contributed by atoms with Gasteiger partial charge in [-0.25, -0.2) is 0 Å². The van der Waals surface area contributed by atoms with E-state index in [0.29, 0.717) is 0 Å². The van der Waals surface area contributed by atoms with E-state index in [1.54, 1.807) is 5.57 Å². The van der Waals surface area contributed by atoms with Crippen LogP contribution in [0.3, 0.4) is 0 Å². The smallest absolute Gasteiger partial charge is 0.0656 e. The molecule has 114 valence electrons. The average molecular weight is 307 g/mol. The van der Waals surface area contributed by atoms with Crippen molar-refractivity contribution < 1.29 is 0 Å². The van der Waals surface area contributed by atoms with Crippen molar-refractivity contribution in [3.63, 3.8) is 0 Å². The summed E-state index contributed by atoms with van der Waals surface area (Å²) in [5.74, 6) is 0. The Balaban J connectivity index is 2.07. The zero-order valence-electron chi connectivity index (χ0n) is 14.5. The molecule has 2 aromatic carbocycles. The minimum atomic E-state index is -1.22. The fourth-order valence-corrected chi connectivity index (χ4v) is 4.45. The van der Waals surface area contributed by atoms with Crippen LogP contribution in [0.1, 0.15) is 30.0 Å². The van der Waals surface area contributed by atoms with Crippen molar-refractivity contribution >= 4 is 19.3 Å². The van der Waals surface area contributed by atoms with Gasteiger partial charge in [0.05, 0.1) is 8.07 Å². The molecule has 1 heteroatoms. The first kappa shape index (κ1) is 15.3. The number of rotatable bonds is 3. The summed E-state index contributed by atoms with van der Waals surface area (Å²) in [6, 6.07) is 13.9. The predicted molar refractivity (Wildman–Crippen MR) is 102 cm³/mol. The van der Waals surface area contributed by atoms with Gasteiger partial charge in [-0.2, -0.15) is 0 Å². The van der Waals surface area contributed by atoms with Gasteiger partial charge < -0.3 is 0 Å². The van der Waals surface area contributed by atoms with E-state index in [0.717, 1.165) is 12.8 Å². The summed E-state index contributed by atoms with van der Waals surface area (Å²) in [5.41, 5.74) is 8.72. The molecule has 2 aromatic rings. The molecule has 0 aromatic heterocycles. The van der Waals surface area contributed by atoms with Gasteiger partial charge in [-0.3, -0.25) is 0 Å². The van der Waals surface area contributed by atoms with Crippen molar-refractivity contribution in [1.82, 2.24) is 0 Å². The molecular weight excluding hydrogens is 280 g/mol. The lowest BCUT2D eigenvalue weighted by Gasteiger charge is -2.17. The molecular formula is C21H26Si. The molecule has 0 aliphatic heterocycles. The van der Waals surface area contributed by atoms with Gasteiger partial charge in [0.1, 0.15) is 0 Å². The van der Waals surface area contributed by atoms with Crippen molar-refractivity contribution in [2.24, 2.45) is 0 Å². The Labute approximate surface area is 135 Å². The Morgan fingerprint density at radius 3 is 2.23 bits per heavy atom. The summed E-state index contributed by atoms with van der Waals surface area (Å²) < 4.78 is 0. The first-order valence-corrected chi connectivity index (χ1v) is 11.8. The van der Waals surface area contributed by atoms with E-state index >= 15 is 0 Å². The Bertz CT molecular complexity index is 728. The summed E-state index contributed by atoms with van der Waals surface area (Å²) in [5, 5.41) is 1.53. The van der Waals surface area contributed by atoms with E-state index in [2.05, 4.69) is 76.0 Å². The third-order valence-corrected chi connectivity index (χ3v) is 6.93. The van der Waals surface area contributed by atoms with Crippen LogP contribution in [0.2, 0.25) is 19.6 Å². The minimum absolute atomic E-state index is 1.14. The normalized spacial score (nSPS) is 14.0. The number of fused-ring (bicyclic) bond motifs is 1. The maximum Gasteiger partial charge on any atom is 0.0775 e. The minimum Gasteiger partial charge on any atom is -0.0656 e. The topological polar surface area (TPSA) is 0 Å². The maximum absolute atomic E-state index is 2.42. The predicted octanol–water partition coefficient (Wildman–Crippen LogP) is 5.56. The Morgan fingerprint density at radius 1 is 0.955 bits per heavy atom. The van der Waals surface area contributed by atoms with E-state index in [4.69, 9.17) is 0 Å². The van der Waals surface area contributed by atoms with Crippen LogP contribution in [0.25, 0.3) is 17.2 Å². The fourth-order valence-electron chi connectivity index (χ4n) is 3.28. The van der Waals surface area contributed by atoms with E-state index in [1.807, 2.05) is 0 Å². The molecule has 0 atom stereocenters. The molecule has 0 fully saturated rings. The van der Waals surface area contributed by atoms with Gasteiger partial charge >= 0.3 is 0 Å². The summed E-state index contributed by atoms with van der Waals surface area (Å²) >= 11 is 0. The van der Waals surface area contributed by atoms with Gasteiger partial charge in [-0.15, -0.1) is 0 Å². The lowest BCUT2D eigenvalue weighted by Crippen LogP contribution is -2.37. The quantitative estimate of drug-likeness (QED) is 0.652. The molecule has 0 spiro atoms. The van der Waals surface area contributed by atoms with Crippen molar-refractivity contribution in [2.45, 2.75) is 46.3 Å². The molecule has 0 bridgehead atoms. The van der Waals surface area contributed by atoms with Crippen LogP contribution in [0.4, 0.5) is 0 Å². The molecule has 0 unspecified atom stereocenters. The highest BCUT2D eigenvalue weighted by Gasteiger charge is 2.19. The number of benzene rings is 2. The number of aryl methyl sites for hydroxylation is 1. The molecule has 22 heavy (non-hydrogen) atoms. The van der Waals surface area contributed by atoms with Crippen molar-refractivity contribution in [2.75, 3.05) is 0 Å². The van der Waals surface area contributed by atoms with Gasteiger partial charge in [0, 0.05) is 0 Å². The van der Waals surface area contributed by atoms with Crippen LogP contribution in [0, 0.1) is 6.92 Å². The van der Waals surface area contributed by atoms with Crippen molar-refractivity contribution in [1.29, 1.82) is 0 Å². The molecule has 0 N–H and O–H groups in total. The Hall–Kier alpha value is -1.60. The van der Waals surface area contributed by atoms with Gasteiger partial charge in [0.2, 0.25) is 0 Å². The molecule has 0 saturated heterocycles. The largest absolute Gasteiger partial charge is 0.0775 e. The highest BCUT2D eigenvalue weighted by molar-refractivity contribution is 6.88. The summed E-state index contributed by atoms with van der Waals surface area (Å²) in [4.78, 5) is 0. The molecule has 1 aliphatic rings. The van der Waals surface area contributed by atoms with Crippen LogP contribution in [0.5, 0.6) is 0 Å². The number of allylic oxidation sites excluding steroid dienone is 1. The van der Waals surface area contributed by atoms with E-state index in [-0.39, 0.29) is 0 Å². The summed E-state index contributed by atoms with van der Waals surface area (Å²) in [7, 11) is -1.22. The molecule has 0 radical (unpaired) electrons. The summed E-state index contributed by atoms with van der Waals surface area (Å²) in [6.45, 7) is 11.7. The fraction of sp³-hybridized carbons (Fsp3) is 0.333. The van der Waals surface area contributed by atoms with Crippen molar-refractivity contribution in [3.05, 3.63) is 58.7 Å². The Kier molecular flexibility index (Phi) is 3.86. The molecule has 1 aliphatic carbocycles. The second-order valence-electron chi connectivity index (χ2n) is 7.48. The van der Waals surface area contributed by atoms with E-state index in [9.17, 15) is 0 Å². The average Bonchev–Trinajstić information content (AvgIpc) is 2.92. The second kappa shape index (κ2) is 5.55. The van der Waals surface area contributed by atoms with Crippen LogP contribution in [-0.4, -0.2) is 8.07 Å². The highest BCUT2D eigenvalue weighted by Crippen LogP contribution is 2.36. The third kappa shape index (κ3) is 2.70. The van der Waals surface area contributed by atoms with Crippen LogP contribution < -0.4 is 5.19 Å². The first-order valence-electron chi connectivity index (χ1n) is 8.33. The standard InChI is InChI=1S/C21H26Si/c1-6-16-13-20-15(2)7-12-19(21(20)14-16)17-8-10-18(11-9-17)22(3,4)5/h7-12,14H,6,13H2,1-5H3. The van der Waals surface area contributed by atoms with Gasteiger partial charge in [0.25, 0.3) is 0 Å². The van der Waals surface area contributed by atoms with Gasteiger partial charge in [-0.1, -0.05) is 79.8 Å². The van der Waals surface area contributed by atoms with Crippen molar-refractivity contribution in [3.8, 4) is 11.1 Å². The molecule has 0 nitrogen and oxygen atoms in total. The first-order chi connectivity index (χ1) is 10.4. The molecule has 3 rings (SSSR count). The molecule has 0 amide bonds. The van der Waals surface area contributed by atoms with E-state index < -0.39 is 8.07 Å². The zero-order valence-corrected chi connectivity index (χ0v) is 15.5. The van der Waals surface area contributed by atoms with Gasteiger partial charge in [0.15, 0.2) is 0 Å². The third-order valence-electron chi connectivity index (χ3n) is 4.86. The van der Waals surface area contributed by atoms with Crippen LogP contribution in [0.15, 0.2) is 42.0 Å². The van der Waals surface area contributed by atoms with Crippen LogP contribution in [-0.2, 0) is 6.42 Å². The lowest BCUT2D eigenvalue weighted by molar-refractivity contribution is 1.03. The molecule has 0 saturated carbocycles. The number of hydrogen-bond donors (Lipinski definition) is 0. The summed E-state index contributed by atoms with van der Waals surface area (Å²) in [6.07, 6.45) is 4.71. The highest BCUT2D eigenvalue weighted by atomic mass is 28.3. The van der Waals surface area contributed by atoms with E-state index in [1.165, 1.54) is 33.0 Å². The Morgan fingerprint density at radius 2 is 1.64 bits per heavy atom. The molecule has 0 heterocycles. The second-order valence-corrected chi connectivity index (χ2v) is 12.6. The maximum atomic E-state index is 2.42. The van der Waals surface area contributed by atoms with Gasteiger partial charge in [-0.05, 0) is 47.6 Å². The zero-order chi connectivity index (χ0) is 15.9. The lowest BCUT2D eigenvalue weighted by atomic mass is 9.94. The van der Waals surface area contributed by atoms with Crippen LogP contribution >= 0.6 is 0 Å². The monoisotopic (exact) mass is 306 g/mol. The number of hydrogen-bond acceptors (Lipinski definition) is 0. The SMILES string of the molecule is CCC1=Cc2c(-c3ccc([Si](C)(C)C)cc3)ccc(C)c2C1.